The van der Waals surface area contributed by atoms with Gasteiger partial charge in [-0.2, -0.15) is 0 Å². The minimum absolute atomic E-state index is 0.0285. The van der Waals surface area contributed by atoms with E-state index in [0.29, 0.717) is 28.7 Å². The van der Waals surface area contributed by atoms with Crippen molar-refractivity contribution in [2.24, 2.45) is 0 Å². The second-order valence-electron chi connectivity index (χ2n) is 7.03. The zero-order chi connectivity index (χ0) is 19.9. The smallest absolute Gasteiger partial charge is 0.331 e. The number of aldehydes is 1. The normalized spacial score (nSPS) is 11.5. The Morgan fingerprint density at radius 3 is 2.35 bits per heavy atom. The zero-order valence-electron chi connectivity index (χ0n) is 16.1. The van der Waals surface area contributed by atoms with Gasteiger partial charge in [-0.1, -0.05) is 0 Å². The van der Waals surface area contributed by atoms with Crippen LogP contribution in [0.2, 0.25) is 0 Å². The molecule has 0 aromatic heterocycles. The van der Waals surface area contributed by atoms with Gasteiger partial charge < -0.3 is 14.2 Å². The van der Waals surface area contributed by atoms with Gasteiger partial charge >= 0.3 is 11.9 Å². The minimum Gasteiger partial charge on any atom is -0.490 e. The predicted molar refractivity (Wildman–Crippen MR) is 97.9 cm³/mol. The molecule has 6 nitrogen and oxygen atoms in total. The molecule has 0 saturated carbocycles. The molecule has 0 amide bonds. The molecule has 26 heavy (non-hydrogen) atoms. The SMILES string of the molecule is CC(=O)OCc1cc(C=O)c(/C=C/C(=O)OC(C)(C)C)c(OC(C)C)c1. The van der Waals surface area contributed by atoms with Crippen LogP contribution >= 0.6 is 0 Å². The molecule has 0 N–H and O–H groups in total. The third kappa shape index (κ3) is 7.51. The average Bonchev–Trinajstić information content (AvgIpc) is 2.48. The molecule has 0 fully saturated rings. The quantitative estimate of drug-likeness (QED) is 0.418. The fourth-order valence-electron chi connectivity index (χ4n) is 2.09. The minimum atomic E-state index is -0.611. The molecule has 0 saturated heterocycles. The molecule has 0 atom stereocenters. The lowest BCUT2D eigenvalue weighted by Crippen LogP contribution is -2.22. The van der Waals surface area contributed by atoms with Gasteiger partial charge in [0.2, 0.25) is 0 Å². The summed E-state index contributed by atoms with van der Waals surface area (Å²) in [5, 5.41) is 0. The molecule has 0 heterocycles. The summed E-state index contributed by atoms with van der Waals surface area (Å²) in [7, 11) is 0. The maximum atomic E-state index is 11.9. The summed E-state index contributed by atoms with van der Waals surface area (Å²) < 4.78 is 16.0. The highest BCUT2D eigenvalue weighted by molar-refractivity contribution is 5.91. The van der Waals surface area contributed by atoms with Crippen molar-refractivity contribution >= 4 is 24.3 Å². The Balaban J connectivity index is 3.23. The highest BCUT2D eigenvalue weighted by atomic mass is 16.6. The van der Waals surface area contributed by atoms with Gasteiger partial charge in [0.25, 0.3) is 0 Å². The Kier molecular flexibility index (Phi) is 7.56. The van der Waals surface area contributed by atoms with Crippen LogP contribution in [0.4, 0.5) is 0 Å². The summed E-state index contributed by atoms with van der Waals surface area (Å²) in [6.07, 6.45) is 3.27. The number of benzene rings is 1. The molecule has 0 unspecified atom stereocenters. The van der Waals surface area contributed by atoms with Crippen LogP contribution < -0.4 is 4.74 Å². The van der Waals surface area contributed by atoms with Gasteiger partial charge in [-0.3, -0.25) is 9.59 Å². The molecule has 0 aliphatic carbocycles. The standard InChI is InChI=1S/C20H26O6/c1-13(2)25-18-10-15(12-24-14(3)22)9-16(11-21)17(18)7-8-19(23)26-20(4,5)6/h7-11,13H,12H2,1-6H3/b8-7+. The third-order valence-corrected chi connectivity index (χ3v) is 2.96. The van der Waals surface area contributed by atoms with Crippen molar-refractivity contribution in [3.05, 3.63) is 34.9 Å². The summed E-state index contributed by atoms with van der Waals surface area (Å²) in [5.41, 5.74) is 0.795. The number of ether oxygens (including phenoxy) is 3. The van der Waals surface area contributed by atoms with Gasteiger partial charge in [0, 0.05) is 24.1 Å². The van der Waals surface area contributed by atoms with Crippen LogP contribution in [0.5, 0.6) is 5.75 Å². The molecule has 142 valence electrons. The van der Waals surface area contributed by atoms with Crippen LogP contribution in [0.3, 0.4) is 0 Å². The lowest BCUT2D eigenvalue weighted by molar-refractivity contribution is -0.148. The van der Waals surface area contributed by atoms with Gasteiger partial charge in [-0.05, 0) is 58.4 Å². The number of hydrogen-bond donors (Lipinski definition) is 0. The maximum absolute atomic E-state index is 11.9. The molecule has 1 rings (SSSR count). The van der Waals surface area contributed by atoms with E-state index < -0.39 is 17.5 Å². The van der Waals surface area contributed by atoms with E-state index >= 15 is 0 Å². The molecule has 0 aliphatic rings. The van der Waals surface area contributed by atoms with Gasteiger partial charge in [-0.25, -0.2) is 4.79 Å². The molecule has 0 spiro atoms. The van der Waals surface area contributed by atoms with Crippen molar-refractivity contribution in [2.45, 2.75) is 59.9 Å². The first-order chi connectivity index (χ1) is 12.0. The summed E-state index contributed by atoms with van der Waals surface area (Å²) in [4.78, 5) is 34.4. The molecule has 6 heteroatoms. The molecular weight excluding hydrogens is 336 g/mol. The average molecular weight is 362 g/mol. The molecular formula is C20H26O6. The van der Waals surface area contributed by atoms with E-state index in [0.717, 1.165) is 0 Å². The van der Waals surface area contributed by atoms with Gasteiger partial charge in [0.05, 0.1) is 6.10 Å². The van der Waals surface area contributed by atoms with E-state index in [4.69, 9.17) is 14.2 Å². The fourth-order valence-corrected chi connectivity index (χ4v) is 2.09. The first-order valence-corrected chi connectivity index (χ1v) is 8.35. The van der Waals surface area contributed by atoms with Crippen LogP contribution in [-0.4, -0.2) is 29.9 Å². The molecule has 0 radical (unpaired) electrons. The molecule has 1 aromatic carbocycles. The largest absolute Gasteiger partial charge is 0.490 e. The maximum Gasteiger partial charge on any atom is 0.331 e. The highest BCUT2D eigenvalue weighted by Gasteiger charge is 2.16. The monoisotopic (exact) mass is 362 g/mol. The van der Waals surface area contributed by atoms with Gasteiger partial charge in [0.1, 0.15) is 18.0 Å². The van der Waals surface area contributed by atoms with Gasteiger partial charge in [0.15, 0.2) is 6.29 Å². The van der Waals surface area contributed by atoms with Crippen LogP contribution in [0.25, 0.3) is 6.08 Å². The van der Waals surface area contributed by atoms with Crippen molar-refractivity contribution in [2.75, 3.05) is 0 Å². The molecule has 1 aromatic rings. The van der Waals surface area contributed by atoms with Crippen molar-refractivity contribution in [3.8, 4) is 5.75 Å². The molecule has 0 bridgehead atoms. The van der Waals surface area contributed by atoms with Crippen molar-refractivity contribution in [1.29, 1.82) is 0 Å². The second kappa shape index (κ2) is 9.17. The van der Waals surface area contributed by atoms with Gasteiger partial charge in [-0.15, -0.1) is 0 Å². The topological polar surface area (TPSA) is 78.9 Å². The Hall–Kier alpha value is -2.63. The number of rotatable bonds is 7. The van der Waals surface area contributed by atoms with Crippen molar-refractivity contribution < 1.29 is 28.6 Å². The number of carbonyl (C=O) groups is 3. The zero-order valence-corrected chi connectivity index (χ0v) is 16.1. The van der Waals surface area contributed by atoms with E-state index in [9.17, 15) is 14.4 Å². The predicted octanol–water partition coefficient (Wildman–Crippen LogP) is 3.70. The summed E-state index contributed by atoms with van der Waals surface area (Å²) in [5.74, 6) is -0.515. The van der Waals surface area contributed by atoms with Crippen LogP contribution in [0.1, 0.15) is 63.0 Å². The Bertz CT molecular complexity index is 695. The number of esters is 2. The van der Waals surface area contributed by atoms with Crippen LogP contribution in [-0.2, 0) is 25.7 Å². The first kappa shape index (κ1) is 21.4. The van der Waals surface area contributed by atoms with Crippen LogP contribution in [0.15, 0.2) is 18.2 Å². The van der Waals surface area contributed by atoms with E-state index in [1.54, 1.807) is 32.9 Å². The summed E-state index contributed by atoms with van der Waals surface area (Å²) in [6, 6.07) is 3.28. The van der Waals surface area contributed by atoms with E-state index in [2.05, 4.69) is 0 Å². The summed E-state index contributed by atoms with van der Waals surface area (Å²) in [6.45, 7) is 10.3. The van der Waals surface area contributed by atoms with E-state index in [-0.39, 0.29) is 12.7 Å². The van der Waals surface area contributed by atoms with Crippen molar-refractivity contribution in [3.63, 3.8) is 0 Å². The Morgan fingerprint density at radius 1 is 1.19 bits per heavy atom. The van der Waals surface area contributed by atoms with E-state index in [1.165, 1.54) is 19.1 Å². The fraction of sp³-hybridized carbons (Fsp3) is 0.450. The Morgan fingerprint density at radius 2 is 1.85 bits per heavy atom. The number of carbonyl (C=O) groups excluding carboxylic acids is 3. The summed E-state index contributed by atoms with van der Waals surface area (Å²) >= 11 is 0. The Labute approximate surface area is 154 Å². The van der Waals surface area contributed by atoms with E-state index in [1.807, 2.05) is 13.8 Å². The second-order valence-corrected chi connectivity index (χ2v) is 7.03. The van der Waals surface area contributed by atoms with Crippen LogP contribution in [0, 0.1) is 0 Å². The molecule has 0 aliphatic heterocycles. The lowest BCUT2D eigenvalue weighted by atomic mass is 10.0. The number of hydrogen-bond acceptors (Lipinski definition) is 6. The highest BCUT2D eigenvalue weighted by Crippen LogP contribution is 2.27. The third-order valence-electron chi connectivity index (χ3n) is 2.96. The first-order valence-electron chi connectivity index (χ1n) is 8.35. The van der Waals surface area contributed by atoms with Crippen molar-refractivity contribution in [1.82, 2.24) is 0 Å². The lowest BCUT2D eigenvalue weighted by Gasteiger charge is -2.18.